The lowest BCUT2D eigenvalue weighted by atomic mass is 9.98. The summed E-state index contributed by atoms with van der Waals surface area (Å²) < 4.78 is 3.91. The minimum atomic E-state index is 0.0203. The van der Waals surface area contributed by atoms with Crippen molar-refractivity contribution in [2.24, 2.45) is 11.8 Å². The number of imidazole rings is 1. The van der Waals surface area contributed by atoms with Crippen LogP contribution >= 0.6 is 0 Å². The number of fused-ring (bicyclic) bond motifs is 1. The van der Waals surface area contributed by atoms with E-state index in [1.165, 1.54) is 0 Å². The van der Waals surface area contributed by atoms with Crippen LogP contribution < -0.4 is 0 Å². The molecule has 4 heterocycles. The molecule has 1 amide bonds. The number of aryl methyl sites for hydroxylation is 1. The van der Waals surface area contributed by atoms with E-state index in [0.717, 1.165) is 55.9 Å². The number of aromatic nitrogens is 5. The Kier molecular flexibility index (Phi) is 5.15. The quantitative estimate of drug-likeness (QED) is 0.682. The molecule has 4 rings (SSSR count). The fourth-order valence-corrected chi connectivity index (χ4v) is 4.02. The summed E-state index contributed by atoms with van der Waals surface area (Å²) in [6.45, 7) is 8.73. The fraction of sp³-hybridized carbons (Fsp3) is 0.524. The van der Waals surface area contributed by atoms with Gasteiger partial charge in [0.05, 0.1) is 5.69 Å². The van der Waals surface area contributed by atoms with Gasteiger partial charge in [-0.1, -0.05) is 25.1 Å². The summed E-state index contributed by atoms with van der Waals surface area (Å²) in [5.74, 6) is 0.985. The number of likely N-dealkylation sites (tertiary alicyclic amines) is 1. The van der Waals surface area contributed by atoms with Gasteiger partial charge in [0, 0.05) is 37.7 Å². The lowest BCUT2D eigenvalue weighted by Crippen LogP contribution is -2.41. The molecular weight excluding hydrogens is 352 g/mol. The van der Waals surface area contributed by atoms with E-state index in [2.05, 4.69) is 29.1 Å². The van der Waals surface area contributed by atoms with Gasteiger partial charge in [-0.05, 0) is 50.2 Å². The topological polar surface area (TPSA) is 68.3 Å². The molecule has 1 atom stereocenters. The molecule has 3 aromatic heterocycles. The molecule has 0 unspecified atom stereocenters. The van der Waals surface area contributed by atoms with E-state index in [-0.39, 0.29) is 5.91 Å². The van der Waals surface area contributed by atoms with Gasteiger partial charge in [-0.15, -0.1) is 5.10 Å². The molecule has 0 aliphatic carbocycles. The highest BCUT2D eigenvalue weighted by Gasteiger charge is 2.26. The highest BCUT2D eigenvalue weighted by Crippen LogP contribution is 2.21. The zero-order valence-electron chi connectivity index (χ0n) is 16.9. The van der Waals surface area contributed by atoms with Gasteiger partial charge < -0.3 is 9.30 Å². The fourth-order valence-electron chi connectivity index (χ4n) is 4.02. The Morgan fingerprint density at radius 3 is 2.93 bits per heavy atom. The van der Waals surface area contributed by atoms with E-state index >= 15 is 0 Å². The van der Waals surface area contributed by atoms with Crippen LogP contribution in [0, 0.1) is 18.8 Å². The van der Waals surface area contributed by atoms with Crippen LogP contribution in [-0.4, -0.2) is 48.3 Å². The number of nitrogens with zero attached hydrogens (tertiary/aromatic N) is 6. The molecule has 0 spiro atoms. The van der Waals surface area contributed by atoms with Gasteiger partial charge in [-0.3, -0.25) is 9.48 Å². The lowest BCUT2D eigenvalue weighted by Gasteiger charge is -2.32. The molecule has 1 aliphatic rings. The van der Waals surface area contributed by atoms with E-state index in [1.807, 2.05) is 51.5 Å². The summed E-state index contributed by atoms with van der Waals surface area (Å²) >= 11 is 0. The number of piperidine rings is 1. The highest BCUT2D eigenvalue weighted by atomic mass is 16.2. The predicted octanol–water partition coefficient (Wildman–Crippen LogP) is 2.99. The summed E-state index contributed by atoms with van der Waals surface area (Å²) in [6.07, 6.45) is 6.96. The van der Waals surface area contributed by atoms with Crippen LogP contribution in [-0.2, 0) is 13.0 Å². The third kappa shape index (κ3) is 3.93. The van der Waals surface area contributed by atoms with Crippen molar-refractivity contribution in [2.75, 3.05) is 13.1 Å². The Labute approximate surface area is 165 Å². The first-order chi connectivity index (χ1) is 13.5. The molecule has 1 fully saturated rings. The minimum absolute atomic E-state index is 0.0203. The number of carbonyl (C=O) groups is 1. The van der Waals surface area contributed by atoms with Crippen LogP contribution in [0.5, 0.6) is 0 Å². The average molecular weight is 380 g/mol. The standard InChI is InChI=1S/C21H28N6O/c1-15(2)10-18-13-26(24-23-18)12-17-7-5-9-25(11-17)21(28)19-14-27-16(3)6-4-8-20(27)22-19/h4,6,8,13-15,17H,5,7,9-12H2,1-3H3/t17-/m1/s1. The molecule has 0 saturated carbocycles. The molecule has 0 aromatic carbocycles. The maximum Gasteiger partial charge on any atom is 0.274 e. The van der Waals surface area contributed by atoms with Gasteiger partial charge in [0.25, 0.3) is 5.91 Å². The SMILES string of the molecule is Cc1cccc2nc(C(=O)N3CCC[C@@H](Cn4cc(CC(C)C)nn4)C3)cn12. The van der Waals surface area contributed by atoms with E-state index in [1.54, 1.807) is 0 Å². The Balaban J connectivity index is 1.43. The van der Waals surface area contributed by atoms with Gasteiger partial charge in [-0.25, -0.2) is 4.98 Å². The molecule has 0 N–H and O–H groups in total. The molecule has 3 aromatic rings. The van der Waals surface area contributed by atoms with Gasteiger partial charge in [0.2, 0.25) is 0 Å². The smallest absolute Gasteiger partial charge is 0.274 e. The molecule has 7 heteroatoms. The average Bonchev–Trinajstić information content (AvgIpc) is 3.28. The van der Waals surface area contributed by atoms with Crippen LogP contribution in [0.3, 0.4) is 0 Å². The molecule has 0 radical (unpaired) electrons. The second kappa shape index (κ2) is 7.73. The van der Waals surface area contributed by atoms with E-state index in [9.17, 15) is 4.79 Å². The molecule has 1 aliphatic heterocycles. The molecule has 1 saturated heterocycles. The van der Waals surface area contributed by atoms with Crippen LogP contribution in [0.15, 0.2) is 30.6 Å². The summed E-state index contributed by atoms with van der Waals surface area (Å²) in [5, 5.41) is 8.55. The Bertz CT molecular complexity index is 972. The number of hydrogen-bond acceptors (Lipinski definition) is 4. The zero-order chi connectivity index (χ0) is 19.7. The summed E-state index contributed by atoms with van der Waals surface area (Å²) in [7, 11) is 0. The Morgan fingerprint density at radius 2 is 2.14 bits per heavy atom. The zero-order valence-corrected chi connectivity index (χ0v) is 16.9. The monoisotopic (exact) mass is 380 g/mol. The van der Waals surface area contributed by atoms with Crippen molar-refractivity contribution in [3.05, 3.63) is 47.7 Å². The molecule has 7 nitrogen and oxygen atoms in total. The molecular formula is C21H28N6O. The van der Waals surface area contributed by atoms with Crippen molar-refractivity contribution in [1.82, 2.24) is 29.3 Å². The number of rotatable bonds is 5. The Hall–Kier alpha value is -2.70. The van der Waals surface area contributed by atoms with Crippen LogP contribution in [0.2, 0.25) is 0 Å². The van der Waals surface area contributed by atoms with Gasteiger partial charge >= 0.3 is 0 Å². The van der Waals surface area contributed by atoms with Crippen molar-refractivity contribution in [3.8, 4) is 0 Å². The van der Waals surface area contributed by atoms with Crippen LogP contribution in [0.4, 0.5) is 0 Å². The van der Waals surface area contributed by atoms with Crippen molar-refractivity contribution in [3.63, 3.8) is 0 Å². The van der Waals surface area contributed by atoms with Gasteiger partial charge in [-0.2, -0.15) is 0 Å². The normalized spacial score (nSPS) is 17.6. The largest absolute Gasteiger partial charge is 0.337 e. The maximum absolute atomic E-state index is 13.0. The number of pyridine rings is 1. The van der Waals surface area contributed by atoms with Crippen molar-refractivity contribution in [2.45, 2.75) is 46.6 Å². The first kappa shape index (κ1) is 18.7. The second-order valence-electron chi connectivity index (χ2n) is 8.31. The van der Waals surface area contributed by atoms with Crippen LogP contribution in [0.1, 0.15) is 48.6 Å². The Morgan fingerprint density at radius 1 is 1.29 bits per heavy atom. The molecule has 0 bridgehead atoms. The first-order valence-corrected chi connectivity index (χ1v) is 10.1. The first-order valence-electron chi connectivity index (χ1n) is 10.1. The lowest BCUT2D eigenvalue weighted by molar-refractivity contribution is 0.0654. The van der Waals surface area contributed by atoms with E-state index in [0.29, 0.717) is 17.5 Å². The second-order valence-corrected chi connectivity index (χ2v) is 8.31. The van der Waals surface area contributed by atoms with Gasteiger partial charge in [0.1, 0.15) is 11.3 Å². The molecule has 148 valence electrons. The van der Waals surface area contributed by atoms with E-state index < -0.39 is 0 Å². The third-order valence-electron chi connectivity index (χ3n) is 5.37. The number of amides is 1. The summed E-state index contributed by atoms with van der Waals surface area (Å²) in [5.41, 5.74) is 3.45. The molecule has 28 heavy (non-hydrogen) atoms. The van der Waals surface area contributed by atoms with Crippen LogP contribution in [0.25, 0.3) is 5.65 Å². The summed E-state index contributed by atoms with van der Waals surface area (Å²) in [4.78, 5) is 19.5. The number of hydrogen-bond donors (Lipinski definition) is 0. The van der Waals surface area contributed by atoms with E-state index in [4.69, 9.17) is 0 Å². The summed E-state index contributed by atoms with van der Waals surface area (Å²) in [6, 6.07) is 5.92. The number of carbonyl (C=O) groups excluding carboxylic acids is 1. The van der Waals surface area contributed by atoms with Crippen molar-refractivity contribution in [1.29, 1.82) is 0 Å². The van der Waals surface area contributed by atoms with Crippen molar-refractivity contribution < 1.29 is 4.79 Å². The van der Waals surface area contributed by atoms with Gasteiger partial charge in [0.15, 0.2) is 0 Å². The minimum Gasteiger partial charge on any atom is -0.337 e. The van der Waals surface area contributed by atoms with Crippen molar-refractivity contribution >= 4 is 11.6 Å². The third-order valence-corrected chi connectivity index (χ3v) is 5.37. The predicted molar refractivity (Wildman–Crippen MR) is 107 cm³/mol. The highest BCUT2D eigenvalue weighted by molar-refractivity contribution is 5.93. The maximum atomic E-state index is 13.0.